The number of aryl methyl sites for hydroxylation is 1. The number of benzene rings is 2. The first-order valence-electron chi connectivity index (χ1n) is 10.9. The second-order valence-electron chi connectivity index (χ2n) is 8.00. The number of rotatable bonds is 7. The molecule has 1 aliphatic rings. The number of hydrogen-bond donors (Lipinski definition) is 3. The zero-order valence-corrected chi connectivity index (χ0v) is 20.5. The van der Waals surface area contributed by atoms with E-state index in [-0.39, 0.29) is 16.1 Å². The Kier molecular flexibility index (Phi) is 9.87. The molecule has 2 aromatic rings. The Labute approximate surface area is 211 Å². The van der Waals surface area contributed by atoms with Crippen molar-refractivity contribution in [3.8, 4) is 6.07 Å². The normalized spacial score (nSPS) is 14.2. The highest BCUT2D eigenvalue weighted by Gasteiger charge is 2.38. The first-order valence-corrected chi connectivity index (χ1v) is 12.3. The van der Waals surface area contributed by atoms with E-state index in [0.717, 1.165) is 18.7 Å². The molecule has 10 nitrogen and oxygen atoms in total. The van der Waals surface area contributed by atoms with Crippen LogP contribution in [0.3, 0.4) is 0 Å². The summed E-state index contributed by atoms with van der Waals surface area (Å²) in [5.41, 5.74) is 1.82. The molecule has 0 aromatic heterocycles. The van der Waals surface area contributed by atoms with Gasteiger partial charge in [0.25, 0.3) is 10.0 Å². The minimum atomic E-state index is -5.08. The number of carboxylic acid groups (broad SMARTS) is 2. The summed E-state index contributed by atoms with van der Waals surface area (Å²) >= 11 is 0. The van der Waals surface area contributed by atoms with E-state index in [1.165, 1.54) is 24.3 Å². The summed E-state index contributed by atoms with van der Waals surface area (Å²) in [6, 6.07) is 13.1. The Morgan fingerprint density at radius 2 is 1.62 bits per heavy atom. The van der Waals surface area contributed by atoms with Gasteiger partial charge in [-0.15, -0.1) is 0 Å². The maximum atomic E-state index is 12.9. The van der Waals surface area contributed by atoms with Gasteiger partial charge in [0.05, 0.1) is 27.9 Å². The molecule has 3 rings (SSSR count). The standard InChI is InChI=1S/C21H24N4O4S.C2HF3O2/c1-16-3-6-18(7-4-16)30(28,29)23-19-15-17(21(26)27)5-8-20(19)25-13-11-24(12-14-25)10-2-9-22;3-2(4,5)1(6)7/h3-8,15,23H,2,10-14H2,1H3,(H,26,27);(H,6,7). The topological polar surface area (TPSA) is 151 Å². The van der Waals surface area contributed by atoms with Gasteiger partial charge >= 0.3 is 18.1 Å². The van der Waals surface area contributed by atoms with E-state index < -0.39 is 28.1 Å². The number of piperazine rings is 1. The number of carbonyl (C=O) groups is 2. The lowest BCUT2D eigenvalue weighted by Gasteiger charge is -2.36. The molecule has 37 heavy (non-hydrogen) atoms. The van der Waals surface area contributed by atoms with Crippen molar-refractivity contribution in [1.29, 1.82) is 5.26 Å². The Morgan fingerprint density at radius 1 is 1.05 bits per heavy atom. The molecular formula is C23H25F3N4O6S. The Morgan fingerprint density at radius 3 is 2.11 bits per heavy atom. The van der Waals surface area contributed by atoms with Crippen molar-refractivity contribution in [3.63, 3.8) is 0 Å². The maximum absolute atomic E-state index is 12.9. The summed E-state index contributed by atoms with van der Waals surface area (Å²) < 4.78 is 60.1. The van der Waals surface area contributed by atoms with Gasteiger partial charge in [-0.25, -0.2) is 18.0 Å². The third-order valence-corrected chi connectivity index (χ3v) is 6.70. The van der Waals surface area contributed by atoms with Crippen LogP contribution in [0.15, 0.2) is 47.4 Å². The van der Waals surface area contributed by atoms with E-state index in [1.54, 1.807) is 18.2 Å². The van der Waals surface area contributed by atoms with Crippen molar-refractivity contribution >= 4 is 33.3 Å². The van der Waals surface area contributed by atoms with Gasteiger partial charge in [-0.3, -0.25) is 9.62 Å². The third kappa shape index (κ3) is 8.65. The van der Waals surface area contributed by atoms with Gasteiger partial charge < -0.3 is 15.1 Å². The van der Waals surface area contributed by atoms with E-state index in [4.69, 9.17) is 15.2 Å². The van der Waals surface area contributed by atoms with Crippen LogP contribution in [0.25, 0.3) is 0 Å². The minimum Gasteiger partial charge on any atom is -0.478 e. The van der Waals surface area contributed by atoms with Gasteiger partial charge in [0.15, 0.2) is 0 Å². The average molecular weight is 543 g/mol. The van der Waals surface area contributed by atoms with Crippen molar-refractivity contribution in [1.82, 2.24) is 4.90 Å². The van der Waals surface area contributed by atoms with E-state index in [1.807, 2.05) is 11.8 Å². The summed E-state index contributed by atoms with van der Waals surface area (Å²) in [4.78, 5) is 24.7. The van der Waals surface area contributed by atoms with Crippen molar-refractivity contribution < 1.29 is 41.4 Å². The number of carboxylic acids is 2. The van der Waals surface area contributed by atoms with Crippen molar-refractivity contribution in [2.24, 2.45) is 0 Å². The molecule has 0 bridgehead atoms. The first kappa shape index (κ1) is 29.4. The fourth-order valence-electron chi connectivity index (χ4n) is 3.37. The molecular weight excluding hydrogens is 517 g/mol. The Balaban J connectivity index is 0.000000604. The summed E-state index contributed by atoms with van der Waals surface area (Å²) in [5.74, 6) is -3.88. The number of nitriles is 1. The number of alkyl halides is 3. The van der Waals surface area contributed by atoms with Crippen LogP contribution in [0.5, 0.6) is 0 Å². The summed E-state index contributed by atoms with van der Waals surface area (Å²) in [6.07, 6.45) is -4.62. The Hall–Kier alpha value is -3.83. The molecule has 0 atom stereocenters. The van der Waals surface area contributed by atoms with Crippen LogP contribution in [-0.2, 0) is 14.8 Å². The van der Waals surface area contributed by atoms with Crippen molar-refractivity contribution in [2.75, 3.05) is 42.3 Å². The first-order chi connectivity index (χ1) is 17.2. The number of nitrogens with zero attached hydrogens (tertiary/aromatic N) is 3. The number of anilines is 2. The molecule has 200 valence electrons. The molecule has 0 aliphatic carbocycles. The fraction of sp³-hybridized carbons (Fsp3) is 0.348. The zero-order chi connectivity index (χ0) is 27.8. The maximum Gasteiger partial charge on any atom is 0.490 e. The van der Waals surface area contributed by atoms with Gasteiger partial charge in [-0.1, -0.05) is 17.7 Å². The smallest absolute Gasteiger partial charge is 0.478 e. The van der Waals surface area contributed by atoms with E-state index in [2.05, 4.69) is 15.7 Å². The molecule has 1 saturated heterocycles. The molecule has 3 N–H and O–H groups in total. The SMILES string of the molecule is Cc1ccc(S(=O)(=O)Nc2cc(C(=O)O)ccc2N2CCN(CCC#N)CC2)cc1.O=C(O)C(F)(F)F. The van der Waals surface area contributed by atoms with Gasteiger partial charge in [-0.05, 0) is 37.3 Å². The lowest BCUT2D eigenvalue weighted by Crippen LogP contribution is -2.46. The van der Waals surface area contributed by atoms with Crippen LogP contribution < -0.4 is 9.62 Å². The summed E-state index contributed by atoms with van der Waals surface area (Å²) in [6.45, 7) is 5.36. The second kappa shape index (κ2) is 12.4. The lowest BCUT2D eigenvalue weighted by molar-refractivity contribution is -0.192. The highest BCUT2D eigenvalue weighted by molar-refractivity contribution is 7.92. The quantitative estimate of drug-likeness (QED) is 0.479. The van der Waals surface area contributed by atoms with Crippen LogP contribution in [0.2, 0.25) is 0 Å². The molecule has 1 heterocycles. The third-order valence-electron chi connectivity index (χ3n) is 5.31. The molecule has 2 aromatic carbocycles. The van der Waals surface area contributed by atoms with Gasteiger partial charge in [0.2, 0.25) is 0 Å². The molecule has 1 fully saturated rings. The fourth-order valence-corrected chi connectivity index (χ4v) is 4.43. The molecule has 1 aliphatic heterocycles. The van der Waals surface area contributed by atoms with Gasteiger partial charge in [0, 0.05) is 39.1 Å². The molecule has 0 amide bonds. The molecule has 0 saturated carbocycles. The monoisotopic (exact) mass is 542 g/mol. The number of hydrogen-bond acceptors (Lipinski definition) is 7. The number of nitrogens with one attached hydrogen (secondary N) is 1. The highest BCUT2D eigenvalue weighted by atomic mass is 32.2. The van der Waals surface area contributed by atoms with Crippen LogP contribution in [0, 0.1) is 18.3 Å². The Bertz CT molecular complexity index is 1250. The summed E-state index contributed by atoms with van der Waals surface area (Å²) in [5, 5.41) is 25.2. The van der Waals surface area contributed by atoms with Crippen LogP contribution in [-0.4, -0.2) is 74.4 Å². The largest absolute Gasteiger partial charge is 0.490 e. The summed E-state index contributed by atoms with van der Waals surface area (Å²) in [7, 11) is -3.87. The van der Waals surface area contributed by atoms with Crippen LogP contribution >= 0.6 is 0 Å². The van der Waals surface area contributed by atoms with Gasteiger partial charge in [0.1, 0.15) is 0 Å². The predicted molar refractivity (Wildman–Crippen MR) is 128 cm³/mol. The molecule has 14 heteroatoms. The average Bonchev–Trinajstić information content (AvgIpc) is 2.83. The molecule has 0 spiro atoms. The number of sulfonamides is 1. The highest BCUT2D eigenvalue weighted by Crippen LogP contribution is 2.30. The van der Waals surface area contributed by atoms with E-state index in [9.17, 15) is 31.5 Å². The number of aliphatic carboxylic acids is 1. The number of halogens is 3. The minimum absolute atomic E-state index is 0.00742. The van der Waals surface area contributed by atoms with Crippen LogP contribution in [0.4, 0.5) is 24.5 Å². The predicted octanol–water partition coefficient (Wildman–Crippen LogP) is 3.16. The molecule has 0 unspecified atom stereocenters. The van der Waals surface area contributed by atoms with Crippen LogP contribution in [0.1, 0.15) is 22.3 Å². The zero-order valence-electron chi connectivity index (χ0n) is 19.7. The van der Waals surface area contributed by atoms with Crippen molar-refractivity contribution in [3.05, 3.63) is 53.6 Å². The van der Waals surface area contributed by atoms with Crippen molar-refractivity contribution in [2.45, 2.75) is 24.4 Å². The molecule has 0 radical (unpaired) electrons. The number of aromatic carboxylic acids is 1. The lowest BCUT2D eigenvalue weighted by atomic mass is 10.1. The van der Waals surface area contributed by atoms with E-state index in [0.29, 0.717) is 31.7 Å². The van der Waals surface area contributed by atoms with E-state index >= 15 is 0 Å². The second-order valence-corrected chi connectivity index (χ2v) is 9.68. The van der Waals surface area contributed by atoms with Gasteiger partial charge in [-0.2, -0.15) is 18.4 Å².